The molecule has 3 rings (SSSR count). The minimum atomic E-state index is -1.75. The number of fused-ring (bicyclic) bond motifs is 2. The molecule has 0 spiro atoms. The Morgan fingerprint density at radius 2 is 1.00 bits per heavy atom. The van der Waals surface area contributed by atoms with Crippen LogP contribution in [0.15, 0.2) is 48.5 Å². The van der Waals surface area contributed by atoms with Crippen LogP contribution in [0.1, 0.15) is 30.4 Å². The van der Waals surface area contributed by atoms with Crippen molar-refractivity contribution in [1.29, 1.82) is 15.8 Å². The fraction of sp³-hybridized carbons (Fsp3) is 0.483. The van der Waals surface area contributed by atoms with Gasteiger partial charge in [0.25, 0.3) is 0 Å². The molecule has 12 nitrogen and oxygen atoms in total. The van der Waals surface area contributed by atoms with Gasteiger partial charge in [-0.05, 0) is 12.1 Å². The molecule has 0 radical (unpaired) electrons. The molecule has 2 aromatic rings. The maximum atomic E-state index is 9.22. The van der Waals surface area contributed by atoms with Gasteiger partial charge in [0, 0.05) is 89.3 Å². The first-order valence-corrected chi connectivity index (χ1v) is 13.5. The van der Waals surface area contributed by atoms with E-state index in [2.05, 4.69) is 45.0 Å². The van der Waals surface area contributed by atoms with Crippen molar-refractivity contribution in [2.45, 2.75) is 32.4 Å². The van der Waals surface area contributed by atoms with E-state index in [0.717, 1.165) is 48.8 Å². The molecule has 42 heavy (non-hydrogen) atoms. The summed E-state index contributed by atoms with van der Waals surface area (Å²) in [5, 5.41) is 42.4. The van der Waals surface area contributed by atoms with Crippen molar-refractivity contribution < 1.29 is 36.9 Å². The minimum Gasteiger partial charge on any atom is -0.490 e. The quantitative estimate of drug-likeness (QED) is 0.251. The van der Waals surface area contributed by atoms with E-state index in [-0.39, 0.29) is 22.4 Å². The molecule has 1 heterocycles. The molecular formula is C29H36AgN7O5. The van der Waals surface area contributed by atoms with E-state index in [9.17, 15) is 15.8 Å². The Hall–Kier alpha value is -3.67. The van der Waals surface area contributed by atoms with E-state index in [4.69, 9.17) is 24.8 Å². The fourth-order valence-corrected chi connectivity index (χ4v) is 4.40. The molecular weight excluding hydrogens is 634 g/mol. The molecule has 0 fully saturated rings. The Labute approximate surface area is 262 Å². The molecule has 0 atom stereocenters. The van der Waals surface area contributed by atoms with E-state index in [1.54, 1.807) is 0 Å². The second-order valence-corrected chi connectivity index (χ2v) is 9.25. The summed E-state index contributed by atoms with van der Waals surface area (Å²) >= 11 is 0. The van der Waals surface area contributed by atoms with Gasteiger partial charge in [-0.2, -0.15) is 15.8 Å². The zero-order valence-corrected chi connectivity index (χ0v) is 25.0. The van der Waals surface area contributed by atoms with Crippen LogP contribution >= 0.6 is 0 Å². The number of ether oxygens (including phenoxy) is 2. The topological polar surface area (TPSA) is 166 Å². The van der Waals surface area contributed by atoms with Crippen molar-refractivity contribution >= 4 is 0 Å². The molecule has 0 amide bonds. The van der Waals surface area contributed by atoms with Crippen molar-refractivity contribution in [3.63, 3.8) is 0 Å². The second-order valence-electron chi connectivity index (χ2n) is 9.25. The van der Waals surface area contributed by atoms with Crippen molar-refractivity contribution in [2.24, 2.45) is 0 Å². The zero-order chi connectivity index (χ0) is 29.7. The summed E-state index contributed by atoms with van der Waals surface area (Å²) in [6.07, 6.45) is 1.37. The molecule has 0 aromatic heterocycles. The normalized spacial score (nSPS) is 15.1. The van der Waals surface area contributed by atoms with E-state index in [0.29, 0.717) is 65.2 Å². The first-order valence-electron chi connectivity index (χ1n) is 13.5. The Bertz CT molecular complexity index is 1120. The van der Waals surface area contributed by atoms with Crippen LogP contribution in [0.3, 0.4) is 0 Å². The summed E-state index contributed by atoms with van der Waals surface area (Å²) in [6.45, 7) is 7.39. The average molecular weight is 671 g/mol. The molecule has 1 aliphatic rings. The van der Waals surface area contributed by atoms with Gasteiger partial charge in [0.1, 0.15) is 24.7 Å². The van der Waals surface area contributed by atoms with Crippen LogP contribution in [-0.2, 0) is 35.5 Å². The number of hydrogen-bond acceptors (Lipinski definition) is 11. The average Bonchev–Trinajstić information content (AvgIpc) is 2.96. The number of nitriles is 3. The van der Waals surface area contributed by atoms with Crippen LogP contribution in [-0.4, -0.2) is 78.8 Å². The Morgan fingerprint density at radius 3 is 1.38 bits per heavy atom. The third-order valence-electron chi connectivity index (χ3n) is 6.42. The third-order valence-corrected chi connectivity index (χ3v) is 6.42. The smallest absolute Gasteiger partial charge is 0.490 e. The van der Waals surface area contributed by atoms with Gasteiger partial charge in [-0.25, -0.2) is 0 Å². The number of benzene rings is 2. The Balaban J connectivity index is 0.00000165. The summed E-state index contributed by atoms with van der Waals surface area (Å²) in [4.78, 5) is 15.1. The molecule has 13 heteroatoms. The molecule has 0 aliphatic carbocycles. The molecule has 2 aromatic carbocycles. The standard InChI is InChI=1S/C29H36N6O2.Ag.NO3/c30-12-5-15-33-18-20-34(16-6-13-31)24-26-8-1-3-10-28(26)36-22-23-37-29-11-4-2-9-27(29)25-35(21-19-33)17-7-14-32;;2-1(3)4/h1-4,8-11H,5-7,15-25H2;;/q;+1;-1. The van der Waals surface area contributed by atoms with Gasteiger partial charge in [0.05, 0.1) is 23.3 Å². The van der Waals surface area contributed by atoms with Gasteiger partial charge in [-0.1, -0.05) is 36.4 Å². The van der Waals surface area contributed by atoms with Gasteiger partial charge in [0.15, 0.2) is 0 Å². The summed E-state index contributed by atoms with van der Waals surface area (Å²) in [6, 6.07) is 22.9. The van der Waals surface area contributed by atoms with Gasteiger partial charge >= 0.3 is 22.4 Å². The molecule has 1 aliphatic heterocycles. The van der Waals surface area contributed by atoms with Gasteiger partial charge < -0.3 is 24.8 Å². The Morgan fingerprint density at radius 1 is 0.667 bits per heavy atom. The van der Waals surface area contributed by atoms with E-state index in [1.807, 2.05) is 36.4 Å². The largest absolute Gasteiger partial charge is 1.00 e. The Kier molecular flexibility index (Phi) is 19.0. The van der Waals surface area contributed by atoms with Gasteiger partial charge in [-0.15, -0.1) is 0 Å². The number of hydrogen-bond donors (Lipinski definition) is 0. The molecule has 0 unspecified atom stereocenters. The molecule has 228 valence electrons. The predicted octanol–water partition coefficient (Wildman–Crippen LogP) is 3.56. The molecule has 0 bridgehead atoms. The van der Waals surface area contributed by atoms with E-state index >= 15 is 0 Å². The first kappa shape index (κ1) is 36.4. The van der Waals surface area contributed by atoms with Gasteiger partial charge in [0.2, 0.25) is 0 Å². The summed E-state index contributed by atoms with van der Waals surface area (Å²) in [7, 11) is 0. The van der Waals surface area contributed by atoms with Crippen LogP contribution in [0.25, 0.3) is 0 Å². The second kappa shape index (κ2) is 22.0. The van der Waals surface area contributed by atoms with Crippen LogP contribution in [0, 0.1) is 49.3 Å². The van der Waals surface area contributed by atoms with Crippen LogP contribution < -0.4 is 9.47 Å². The number of nitrogens with zero attached hydrogens (tertiary/aromatic N) is 7. The van der Waals surface area contributed by atoms with E-state index < -0.39 is 5.09 Å². The first-order chi connectivity index (χ1) is 20.0. The number of para-hydroxylation sites is 2. The molecule has 0 saturated heterocycles. The molecule has 0 saturated carbocycles. The number of rotatable bonds is 6. The monoisotopic (exact) mass is 669 g/mol. The fourth-order valence-electron chi connectivity index (χ4n) is 4.40. The summed E-state index contributed by atoms with van der Waals surface area (Å²) in [5.41, 5.74) is 2.16. The SMILES string of the molecule is N#CCCN1CCN(CCC#N)Cc2ccccc2OCCOc2ccccc2CN(CCC#N)CC1.O=[N+]([O-])[O-].[Ag+]. The minimum absolute atomic E-state index is 0. The van der Waals surface area contributed by atoms with Gasteiger partial charge in [-0.3, -0.25) is 14.7 Å². The van der Waals surface area contributed by atoms with Crippen LogP contribution in [0.2, 0.25) is 0 Å². The predicted molar refractivity (Wildman–Crippen MR) is 152 cm³/mol. The van der Waals surface area contributed by atoms with Crippen molar-refractivity contribution in [1.82, 2.24) is 14.7 Å². The van der Waals surface area contributed by atoms with Crippen LogP contribution in [0.5, 0.6) is 11.5 Å². The summed E-state index contributed by atoms with van der Waals surface area (Å²) < 4.78 is 12.2. The van der Waals surface area contributed by atoms with Crippen molar-refractivity contribution in [2.75, 3.05) is 59.0 Å². The maximum Gasteiger partial charge on any atom is 1.00 e. The zero-order valence-electron chi connectivity index (χ0n) is 23.5. The summed E-state index contributed by atoms with van der Waals surface area (Å²) in [5.74, 6) is 1.66. The van der Waals surface area contributed by atoms with Crippen molar-refractivity contribution in [3.8, 4) is 29.7 Å². The molecule has 0 N–H and O–H groups in total. The third kappa shape index (κ3) is 14.8. The maximum absolute atomic E-state index is 9.22. The van der Waals surface area contributed by atoms with Crippen LogP contribution in [0.4, 0.5) is 0 Å². The van der Waals surface area contributed by atoms with E-state index in [1.165, 1.54) is 0 Å². The van der Waals surface area contributed by atoms with Crippen molar-refractivity contribution in [3.05, 3.63) is 75.0 Å².